The Kier molecular flexibility index (Phi) is 5.98. The number of hydrogen-bond acceptors (Lipinski definition) is 5. The highest BCUT2D eigenvalue weighted by Crippen LogP contribution is 2.38. The molecule has 0 fully saturated rings. The molecule has 0 aliphatic carbocycles. The number of ether oxygens (including phenoxy) is 4. The molecule has 1 aliphatic rings. The molecule has 0 aromatic heterocycles. The molecule has 0 spiro atoms. The molecule has 1 N–H and O–H groups in total. The van der Waals surface area contributed by atoms with Gasteiger partial charge in [-0.05, 0) is 12.1 Å². The van der Waals surface area contributed by atoms with E-state index in [0.717, 1.165) is 23.6 Å². The number of methoxy groups -OCH3 is 1. The topological polar surface area (TPSA) is 49.0 Å². The molecular weight excluding hydrogens is 282 g/mol. The lowest BCUT2D eigenvalue weighted by molar-refractivity contribution is 0.174. The summed E-state index contributed by atoms with van der Waals surface area (Å²) in [6.07, 6.45) is 1.73. The van der Waals surface area contributed by atoms with E-state index >= 15 is 0 Å². The quantitative estimate of drug-likeness (QED) is 0.746. The van der Waals surface area contributed by atoms with E-state index in [0.29, 0.717) is 25.5 Å². The van der Waals surface area contributed by atoms with Gasteiger partial charge < -0.3 is 24.3 Å². The Labute approximate surface area is 123 Å². The Morgan fingerprint density at radius 3 is 2.90 bits per heavy atom. The van der Waals surface area contributed by atoms with Crippen molar-refractivity contribution >= 4 is 11.6 Å². The highest BCUT2D eigenvalue weighted by Gasteiger charge is 2.17. The molecule has 5 nitrogen and oxygen atoms in total. The number of rotatable bonds is 8. The molecule has 1 aromatic rings. The summed E-state index contributed by atoms with van der Waals surface area (Å²) >= 11 is 5.49. The summed E-state index contributed by atoms with van der Waals surface area (Å²) in [4.78, 5) is 0. The van der Waals surface area contributed by atoms with Crippen molar-refractivity contribution in [2.75, 3.05) is 33.7 Å². The van der Waals surface area contributed by atoms with E-state index in [-0.39, 0.29) is 6.79 Å². The minimum absolute atomic E-state index is 0.247. The van der Waals surface area contributed by atoms with Crippen molar-refractivity contribution in [1.29, 1.82) is 0 Å². The molecular formula is C14H18ClNO4. The average Bonchev–Trinajstić information content (AvgIpc) is 2.91. The van der Waals surface area contributed by atoms with Gasteiger partial charge in [-0.1, -0.05) is 11.6 Å². The number of hydrogen-bond donors (Lipinski definition) is 1. The SMILES string of the molecule is COCCNCc1cc2c(cc1OCC=CCl)OCO2. The summed E-state index contributed by atoms with van der Waals surface area (Å²) in [6, 6.07) is 3.78. The maximum Gasteiger partial charge on any atom is 0.231 e. The first-order chi connectivity index (χ1) is 9.85. The standard InChI is InChI=1S/C14H18ClNO4/c1-17-6-4-16-9-11-7-13-14(20-10-19-13)8-12(11)18-5-2-3-15/h2-3,7-8,16H,4-6,9-10H2,1H3. The molecule has 0 atom stereocenters. The van der Waals surface area contributed by atoms with E-state index in [1.807, 2.05) is 12.1 Å². The molecule has 0 unspecified atom stereocenters. The third kappa shape index (κ3) is 4.03. The van der Waals surface area contributed by atoms with Crippen LogP contribution < -0.4 is 19.5 Å². The Bertz CT molecular complexity index is 465. The van der Waals surface area contributed by atoms with Gasteiger partial charge >= 0.3 is 0 Å². The minimum atomic E-state index is 0.247. The van der Waals surface area contributed by atoms with Gasteiger partial charge in [0.2, 0.25) is 6.79 Å². The van der Waals surface area contributed by atoms with Crippen LogP contribution in [0, 0.1) is 0 Å². The van der Waals surface area contributed by atoms with Crippen LogP contribution in [0.4, 0.5) is 0 Å². The Morgan fingerprint density at radius 1 is 1.35 bits per heavy atom. The molecule has 20 heavy (non-hydrogen) atoms. The first kappa shape index (κ1) is 15.0. The molecule has 2 rings (SSSR count). The number of benzene rings is 1. The predicted molar refractivity (Wildman–Crippen MR) is 76.6 cm³/mol. The zero-order chi connectivity index (χ0) is 14.2. The van der Waals surface area contributed by atoms with Crippen molar-refractivity contribution in [1.82, 2.24) is 5.32 Å². The lowest BCUT2D eigenvalue weighted by Gasteiger charge is -2.12. The Morgan fingerprint density at radius 2 is 2.15 bits per heavy atom. The summed E-state index contributed by atoms with van der Waals surface area (Å²) in [5.74, 6) is 2.21. The first-order valence-electron chi connectivity index (χ1n) is 6.35. The highest BCUT2D eigenvalue weighted by molar-refractivity contribution is 6.25. The van der Waals surface area contributed by atoms with Gasteiger partial charge in [0.15, 0.2) is 11.5 Å². The smallest absolute Gasteiger partial charge is 0.231 e. The van der Waals surface area contributed by atoms with Gasteiger partial charge in [-0.3, -0.25) is 0 Å². The van der Waals surface area contributed by atoms with Crippen LogP contribution in [0.3, 0.4) is 0 Å². The van der Waals surface area contributed by atoms with Gasteiger partial charge in [0.25, 0.3) is 0 Å². The zero-order valence-corrected chi connectivity index (χ0v) is 12.1. The van der Waals surface area contributed by atoms with Gasteiger partial charge in [0.1, 0.15) is 12.4 Å². The van der Waals surface area contributed by atoms with E-state index in [2.05, 4.69) is 5.32 Å². The maximum atomic E-state index is 5.68. The molecule has 0 amide bonds. The summed E-state index contributed by atoms with van der Waals surface area (Å²) < 4.78 is 21.4. The van der Waals surface area contributed by atoms with Gasteiger partial charge in [-0.2, -0.15) is 0 Å². The van der Waals surface area contributed by atoms with Gasteiger partial charge in [0.05, 0.1) is 6.61 Å². The second-order valence-corrected chi connectivity index (χ2v) is 4.41. The van der Waals surface area contributed by atoms with Crippen LogP contribution in [0.25, 0.3) is 0 Å². The molecule has 1 heterocycles. The maximum absolute atomic E-state index is 5.68. The second-order valence-electron chi connectivity index (χ2n) is 4.16. The molecule has 110 valence electrons. The van der Waals surface area contributed by atoms with Crippen LogP contribution in [-0.2, 0) is 11.3 Å². The fraction of sp³-hybridized carbons (Fsp3) is 0.429. The fourth-order valence-electron chi connectivity index (χ4n) is 1.81. The summed E-state index contributed by atoms with van der Waals surface area (Å²) in [7, 11) is 1.68. The third-order valence-corrected chi connectivity index (χ3v) is 2.96. The van der Waals surface area contributed by atoms with Crippen molar-refractivity contribution in [3.8, 4) is 17.2 Å². The van der Waals surface area contributed by atoms with Crippen molar-refractivity contribution < 1.29 is 18.9 Å². The average molecular weight is 300 g/mol. The Hall–Kier alpha value is -1.43. The molecule has 1 aliphatic heterocycles. The van der Waals surface area contributed by atoms with Crippen LogP contribution in [0.1, 0.15) is 5.56 Å². The summed E-state index contributed by atoms with van der Waals surface area (Å²) in [5.41, 5.74) is 2.44. The van der Waals surface area contributed by atoms with Crippen molar-refractivity contribution in [2.24, 2.45) is 0 Å². The second kappa shape index (κ2) is 7.99. The van der Waals surface area contributed by atoms with Crippen molar-refractivity contribution in [2.45, 2.75) is 6.54 Å². The lowest BCUT2D eigenvalue weighted by Crippen LogP contribution is -2.19. The number of nitrogens with one attached hydrogen (secondary N) is 1. The van der Waals surface area contributed by atoms with Crippen LogP contribution in [-0.4, -0.2) is 33.7 Å². The molecule has 0 saturated heterocycles. The minimum Gasteiger partial charge on any atom is -0.489 e. The highest BCUT2D eigenvalue weighted by atomic mass is 35.5. The van der Waals surface area contributed by atoms with Crippen LogP contribution in [0.5, 0.6) is 17.2 Å². The summed E-state index contributed by atoms with van der Waals surface area (Å²) in [6.45, 7) is 2.76. The zero-order valence-electron chi connectivity index (χ0n) is 11.4. The van der Waals surface area contributed by atoms with Crippen LogP contribution in [0.15, 0.2) is 23.7 Å². The molecule has 0 bridgehead atoms. The molecule has 6 heteroatoms. The fourth-order valence-corrected chi connectivity index (χ4v) is 1.88. The first-order valence-corrected chi connectivity index (χ1v) is 6.79. The van der Waals surface area contributed by atoms with Gasteiger partial charge in [0, 0.05) is 37.4 Å². The molecule has 1 aromatic carbocycles. The van der Waals surface area contributed by atoms with E-state index < -0.39 is 0 Å². The van der Waals surface area contributed by atoms with Gasteiger partial charge in [-0.15, -0.1) is 0 Å². The van der Waals surface area contributed by atoms with Crippen molar-refractivity contribution in [3.63, 3.8) is 0 Å². The van der Waals surface area contributed by atoms with E-state index in [1.165, 1.54) is 5.54 Å². The predicted octanol–water partition coefficient (Wildman–Crippen LogP) is 2.28. The lowest BCUT2D eigenvalue weighted by atomic mass is 10.1. The van der Waals surface area contributed by atoms with E-state index in [1.54, 1.807) is 13.2 Å². The third-order valence-electron chi connectivity index (χ3n) is 2.78. The Balaban J connectivity index is 2.05. The van der Waals surface area contributed by atoms with E-state index in [4.69, 9.17) is 30.5 Å². The summed E-state index contributed by atoms with van der Waals surface area (Å²) in [5, 5.41) is 3.28. The van der Waals surface area contributed by atoms with Gasteiger partial charge in [-0.25, -0.2) is 0 Å². The largest absolute Gasteiger partial charge is 0.489 e. The van der Waals surface area contributed by atoms with Crippen LogP contribution >= 0.6 is 11.6 Å². The number of halogens is 1. The number of fused-ring (bicyclic) bond motifs is 1. The molecule has 0 radical (unpaired) electrons. The van der Waals surface area contributed by atoms with E-state index in [9.17, 15) is 0 Å². The normalized spacial score (nSPS) is 13.1. The van der Waals surface area contributed by atoms with Crippen LogP contribution in [0.2, 0.25) is 0 Å². The molecule has 0 saturated carbocycles. The monoisotopic (exact) mass is 299 g/mol. The van der Waals surface area contributed by atoms with Crippen molar-refractivity contribution in [3.05, 3.63) is 29.3 Å².